The van der Waals surface area contributed by atoms with E-state index in [1.165, 1.54) is 0 Å². The molecule has 202 valence electrons. The Balaban J connectivity index is 1.38. The molecule has 3 aliphatic heterocycles. The maximum absolute atomic E-state index is 13.3. The van der Waals surface area contributed by atoms with Crippen LogP contribution in [0.4, 0.5) is 0 Å². The van der Waals surface area contributed by atoms with Crippen molar-refractivity contribution in [2.75, 3.05) is 45.8 Å². The van der Waals surface area contributed by atoms with Gasteiger partial charge in [0.25, 0.3) is 11.1 Å². The number of hydrogen-bond donors (Lipinski definition) is 2. The molecule has 2 aromatic carbocycles. The molecule has 2 fully saturated rings. The van der Waals surface area contributed by atoms with Crippen molar-refractivity contribution in [2.24, 2.45) is 0 Å². The molecule has 39 heavy (non-hydrogen) atoms. The molecule has 4 aromatic rings. The number of ether oxygens (including phenoxy) is 1. The summed E-state index contributed by atoms with van der Waals surface area (Å²) in [5.41, 5.74) is 3.27. The highest BCUT2D eigenvalue weighted by Gasteiger charge is 2.28. The molecule has 2 saturated heterocycles. The molecule has 5 heterocycles. The number of hydrogen-bond acceptors (Lipinski definition) is 7. The Labute approximate surface area is 224 Å². The van der Waals surface area contributed by atoms with Crippen molar-refractivity contribution in [2.45, 2.75) is 32.5 Å². The monoisotopic (exact) mass is 529 g/mol. The second kappa shape index (κ2) is 9.35. The SMILES string of the molecule is CC(=O)N1CCN(Cc2ccc3[nH]c(=O)c4nc3c2O[C@H]2CCN(CCn3[nH]c5c-4cccc5c3=O)C2)CC1. The van der Waals surface area contributed by atoms with E-state index < -0.39 is 0 Å². The first kappa shape index (κ1) is 24.1. The van der Waals surface area contributed by atoms with Crippen molar-refractivity contribution >= 4 is 27.8 Å². The van der Waals surface area contributed by atoms with Gasteiger partial charge < -0.3 is 14.6 Å². The number of para-hydroxylation sites is 1. The van der Waals surface area contributed by atoms with Crippen LogP contribution in [0.5, 0.6) is 5.75 Å². The smallest absolute Gasteiger partial charge is 0.275 e. The number of H-pyrrole nitrogens is 2. The molecule has 2 aromatic heterocycles. The van der Waals surface area contributed by atoms with Crippen molar-refractivity contribution < 1.29 is 9.53 Å². The lowest BCUT2D eigenvalue weighted by Crippen LogP contribution is -2.47. The number of benzene rings is 2. The zero-order valence-electron chi connectivity index (χ0n) is 21.9. The normalized spacial score (nSPS) is 21.5. The third-order valence-electron chi connectivity index (χ3n) is 8.31. The van der Waals surface area contributed by atoms with Crippen molar-refractivity contribution in [3.05, 3.63) is 56.6 Å². The topological polar surface area (TPSA) is 120 Å². The van der Waals surface area contributed by atoms with Gasteiger partial charge in [-0.05, 0) is 18.6 Å². The van der Waals surface area contributed by atoms with Gasteiger partial charge in [-0.25, -0.2) is 4.98 Å². The molecule has 2 atom stereocenters. The van der Waals surface area contributed by atoms with Crippen LogP contribution >= 0.6 is 0 Å². The molecule has 1 amide bonds. The molecule has 0 spiro atoms. The number of fused-ring (bicyclic) bond motifs is 5. The lowest BCUT2D eigenvalue weighted by molar-refractivity contribution is -0.130. The van der Waals surface area contributed by atoms with Gasteiger partial charge >= 0.3 is 0 Å². The number of nitrogens with one attached hydrogen (secondary N) is 2. The van der Waals surface area contributed by atoms with Crippen molar-refractivity contribution in [3.8, 4) is 17.0 Å². The van der Waals surface area contributed by atoms with E-state index in [0.29, 0.717) is 59.4 Å². The van der Waals surface area contributed by atoms with Crippen LogP contribution in [0.3, 0.4) is 0 Å². The van der Waals surface area contributed by atoms with Crippen LogP contribution < -0.4 is 15.9 Å². The first-order chi connectivity index (χ1) is 18.9. The minimum Gasteiger partial charge on any atom is -0.486 e. The van der Waals surface area contributed by atoms with E-state index in [1.807, 2.05) is 23.1 Å². The van der Waals surface area contributed by atoms with Crippen LogP contribution in [0.1, 0.15) is 18.9 Å². The predicted molar refractivity (Wildman–Crippen MR) is 147 cm³/mol. The molecular weight excluding hydrogens is 498 g/mol. The summed E-state index contributed by atoms with van der Waals surface area (Å²) in [4.78, 5) is 52.7. The number of piperazine rings is 1. The fourth-order valence-corrected chi connectivity index (χ4v) is 6.11. The number of aromatic amines is 2. The molecule has 0 aliphatic carbocycles. The largest absolute Gasteiger partial charge is 0.486 e. The van der Waals surface area contributed by atoms with E-state index in [2.05, 4.69) is 19.9 Å². The Kier molecular flexibility index (Phi) is 5.78. The summed E-state index contributed by atoms with van der Waals surface area (Å²) in [5.74, 6) is 0.803. The molecule has 11 nitrogen and oxygen atoms in total. The van der Waals surface area contributed by atoms with Gasteiger partial charge in [-0.15, -0.1) is 0 Å². The summed E-state index contributed by atoms with van der Waals surface area (Å²) < 4.78 is 8.35. The second-order valence-corrected chi connectivity index (χ2v) is 10.8. The van der Waals surface area contributed by atoms with Crippen molar-refractivity contribution in [1.82, 2.24) is 34.4 Å². The number of amides is 1. The standard InChI is InChI=1S/C28H31N7O4/c1-17(36)34-12-9-33(10-13-34)15-18-5-6-22-25-26(18)39-19-7-8-32(16-19)11-14-35-28(38)21-4-2-3-20(23(21)31-35)24(30-25)27(37)29-22/h2-6,19,31H,7-16H2,1H3,(H,29,37)/t19-/m0/s1. The maximum atomic E-state index is 13.3. The van der Waals surface area contributed by atoms with Crippen molar-refractivity contribution in [1.29, 1.82) is 0 Å². The molecule has 7 rings (SSSR count). The summed E-state index contributed by atoms with van der Waals surface area (Å²) >= 11 is 0. The molecule has 3 aliphatic rings. The summed E-state index contributed by atoms with van der Waals surface area (Å²) in [6, 6.07) is 9.31. The Morgan fingerprint density at radius 2 is 1.90 bits per heavy atom. The van der Waals surface area contributed by atoms with Gasteiger partial charge in [0.1, 0.15) is 17.3 Å². The highest BCUT2D eigenvalue weighted by Crippen LogP contribution is 2.33. The maximum Gasteiger partial charge on any atom is 0.275 e. The quantitative estimate of drug-likeness (QED) is 0.403. The summed E-state index contributed by atoms with van der Waals surface area (Å²) in [6.45, 7) is 8.13. The highest BCUT2D eigenvalue weighted by molar-refractivity contribution is 5.94. The molecule has 0 saturated carbocycles. The van der Waals surface area contributed by atoms with Gasteiger partial charge in [-0.2, -0.15) is 0 Å². The fourth-order valence-electron chi connectivity index (χ4n) is 6.11. The third kappa shape index (κ3) is 4.22. The molecule has 11 heteroatoms. The second-order valence-electron chi connectivity index (χ2n) is 10.8. The van der Waals surface area contributed by atoms with Crippen molar-refractivity contribution in [3.63, 3.8) is 0 Å². The van der Waals surface area contributed by atoms with Gasteiger partial charge in [0.15, 0.2) is 5.75 Å². The number of aromatic nitrogens is 4. The minimum absolute atomic E-state index is 0.0251. The number of rotatable bonds is 2. The lowest BCUT2D eigenvalue weighted by Gasteiger charge is -2.34. The van der Waals surface area contributed by atoms with Crippen LogP contribution in [0.25, 0.3) is 33.2 Å². The number of carbonyl (C=O) groups excluding carboxylic acids is 1. The van der Waals surface area contributed by atoms with Crippen LogP contribution in [-0.2, 0) is 17.9 Å². The van der Waals surface area contributed by atoms with Crippen LogP contribution in [0, 0.1) is 0 Å². The van der Waals surface area contributed by atoms with E-state index in [4.69, 9.17) is 9.72 Å². The van der Waals surface area contributed by atoms with Gasteiger partial charge in [0.05, 0.1) is 23.0 Å². The first-order valence-electron chi connectivity index (χ1n) is 13.6. The Morgan fingerprint density at radius 1 is 1.05 bits per heavy atom. The number of nitrogens with zero attached hydrogens (tertiary/aromatic N) is 5. The molecule has 0 radical (unpaired) electrons. The fraction of sp³-hybridized carbons (Fsp3) is 0.429. The van der Waals surface area contributed by atoms with Gasteiger partial charge in [-0.3, -0.25) is 34.0 Å². The van der Waals surface area contributed by atoms with E-state index in [1.54, 1.807) is 23.7 Å². The van der Waals surface area contributed by atoms with E-state index >= 15 is 0 Å². The lowest BCUT2D eigenvalue weighted by atomic mass is 10.1. The number of carbonyl (C=O) groups is 1. The Morgan fingerprint density at radius 3 is 2.72 bits per heavy atom. The Hall–Kier alpha value is -3.96. The zero-order valence-corrected chi connectivity index (χ0v) is 21.9. The third-order valence-corrected chi connectivity index (χ3v) is 8.31. The Bertz CT molecular complexity index is 1710. The summed E-state index contributed by atoms with van der Waals surface area (Å²) in [5, 5.41) is 3.79. The van der Waals surface area contributed by atoms with Crippen LogP contribution in [0.2, 0.25) is 0 Å². The van der Waals surface area contributed by atoms with Gasteiger partial charge in [0, 0.05) is 70.4 Å². The van der Waals surface area contributed by atoms with Crippen LogP contribution in [0.15, 0.2) is 39.9 Å². The molecule has 1 unspecified atom stereocenters. The molecule has 6 bridgehead atoms. The molecular formula is C28H31N7O4. The molecule has 2 N–H and O–H groups in total. The van der Waals surface area contributed by atoms with Gasteiger partial charge in [-0.1, -0.05) is 18.2 Å². The van der Waals surface area contributed by atoms with E-state index in [0.717, 1.165) is 44.7 Å². The zero-order chi connectivity index (χ0) is 26.7. The average molecular weight is 530 g/mol. The minimum atomic E-state index is -0.318. The summed E-state index contributed by atoms with van der Waals surface area (Å²) in [6.07, 6.45) is 0.843. The first-order valence-corrected chi connectivity index (χ1v) is 13.6. The van der Waals surface area contributed by atoms with Crippen LogP contribution in [-0.4, -0.2) is 92.3 Å². The predicted octanol–water partition coefficient (Wildman–Crippen LogP) is 1.36. The highest BCUT2D eigenvalue weighted by atomic mass is 16.5. The van der Waals surface area contributed by atoms with Gasteiger partial charge in [0.2, 0.25) is 5.91 Å². The van der Waals surface area contributed by atoms with E-state index in [-0.39, 0.29) is 28.8 Å². The summed E-state index contributed by atoms with van der Waals surface area (Å²) in [7, 11) is 0. The average Bonchev–Trinajstić information content (AvgIpc) is 3.52. The van der Waals surface area contributed by atoms with E-state index in [9.17, 15) is 14.4 Å².